The van der Waals surface area contributed by atoms with Gasteiger partial charge >= 0.3 is 5.97 Å². The van der Waals surface area contributed by atoms with Crippen LogP contribution in [0.25, 0.3) is 11.6 Å². The Morgan fingerprint density at radius 2 is 2.33 bits per heavy atom. The lowest BCUT2D eigenvalue weighted by molar-refractivity contribution is 0.0662. The largest absolute Gasteiger partial charge is 0.481 e. The van der Waals surface area contributed by atoms with E-state index in [0.29, 0.717) is 23.7 Å². The second kappa shape index (κ2) is 4.52. The molecular weight excluding hydrogens is 238 g/mol. The van der Waals surface area contributed by atoms with E-state index in [2.05, 4.69) is 10.1 Å². The SMILES string of the molecule is CCc1nc(-c2cc(OC)n(C)n2)oc1C(=O)O. The van der Waals surface area contributed by atoms with Gasteiger partial charge in [0, 0.05) is 13.1 Å². The summed E-state index contributed by atoms with van der Waals surface area (Å²) in [5, 5.41) is 13.1. The monoisotopic (exact) mass is 251 g/mol. The van der Waals surface area contributed by atoms with Crippen LogP contribution in [0.2, 0.25) is 0 Å². The van der Waals surface area contributed by atoms with Gasteiger partial charge in [0.25, 0.3) is 0 Å². The number of oxazole rings is 1. The van der Waals surface area contributed by atoms with Crippen LogP contribution in [0.3, 0.4) is 0 Å². The first-order chi connectivity index (χ1) is 8.56. The van der Waals surface area contributed by atoms with E-state index in [0.717, 1.165) is 0 Å². The van der Waals surface area contributed by atoms with E-state index in [1.165, 1.54) is 11.8 Å². The van der Waals surface area contributed by atoms with Gasteiger partial charge in [0.15, 0.2) is 5.69 Å². The van der Waals surface area contributed by atoms with Crippen molar-refractivity contribution < 1.29 is 19.1 Å². The number of hydrogen-bond donors (Lipinski definition) is 1. The first kappa shape index (κ1) is 12.2. The van der Waals surface area contributed by atoms with Gasteiger partial charge in [-0.25, -0.2) is 14.5 Å². The van der Waals surface area contributed by atoms with Crippen LogP contribution in [0.4, 0.5) is 0 Å². The second-order valence-electron chi connectivity index (χ2n) is 3.65. The number of carboxylic acids is 1. The molecule has 0 atom stereocenters. The molecule has 0 aliphatic rings. The molecule has 18 heavy (non-hydrogen) atoms. The fourth-order valence-electron chi connectivity index (χ4n) is 1.61. The Labute approximate surface area is 103 Å². The second-order valence-corrected chi connectivity index (χ2v) is 3.65. The summed E-state index contributed by atoms with van der Waals surface area (Å²) in [7, 11) is 3.24. The summed E-state index contributed by atoms with van der Waals surface area (Å²) < 4.78 is 11.8. The van der Waals surface area contributed by atoms with Crippen molar-refractivity contribution in [2.75, 3.05) is 7.11 Å². The van der Waals surface area contributed by atoms with Crippen LogP contribution in [0.5, 0.6) is 5.88 Å². The molecule has 0 aromatic carbocycles. The van der Waals surface area contributed by atoms with Gasteiger partial charge in [-0.15, -0.1) is 0 Å². The summed E-state index contributed by atoms with van der Waals surface area (Å²) in [5.41, 5.74) is 0.846. The van der Waals surface area contributed by atoms with Gasteiger partial charge in [-0.1, -0.05) is 6.92 Å². The van der Waals surface area contributed by atoms with Crippen molar-refractivity contribution in [3.63, 3.8) is 0 Å². The van der Waals surface area contributed by atoms with Crippen molar-refractivity contribution in [3.05, 3.63) is 17.5 Å². The number of rotatable bonds is 4. The lowest BCUT2D eigenvalue weighted by atomic mass is 10.3. The zero-order valence-electron chi connectivity index (χ0n) is 10.3. The molecule has 0 aliphatic heterocycles. The van der Waals surface area contributed by atoms with Crippen molar-refractivity contribution in [2.24, 2.45) is 7.05 Å². The minimum atomic E-state index is -1.13. The molecule has 96 valence electrons. The Morgan fingerprint density at radius 1 is 1.61 bits per heavy atom. The zero-order chi connectivity index (χ0) is 13.3. The van der Waals surface area contributed by atoms with Crippen LogP contribution in [0.15, 0.2) is 10.5 Å². The van der Waals surface area contributed by atoms with E-state index in [1.807, 2.05) is 6.92 Å². The molecule has 0 spiro atoms. The zero-order valence-corrected chi connectivity index (χ0v) is 10.3. The number of aromatic carboxylic acids is 1. The summed E-state index contributed by atoms with van der Waals surface area (Å²) in [6, 6.07) is 1.64. The Kier molecular flexibility index (Phi) is 3.05. The van der Waals surface area contributed by atoms with Crippen molar-refractivity contribution in [2.45, 2.75) is 13.3 Å². The van der Waals surface area contributed by atoms with Gasteiger partial charge in [0.1, 0.15) is 0 Å². The number of hydrogen-bond acceptors (Lipinski definition) is 5. The predicted molar refractivity (Wildman–Crippen MR) is 61.6 cm³/mol. The van der Waals surface area contributed by atoms with Gasteiger partial charge in [-0.2, -0.15) is 5.10 Å². The maximum Gasteiger partial charge on any atom is 0.373 e. The number of aromatic nitrogens is 3. The number of ether oxygens (including phenoxy) is 1. The molecule has 0 radical (unpaired) electrons. The standard InChI is InChI=1S/C11H13N3O4/c1-4-6-9(11(15)16)18-10(12-6)7-5-8(17-3)14(2)13-7/h5H,4H2,1-3H3,(H,15,16). The van der Waals surface area contributed by atoms with Gasteiger partial charge in [-0.3, -0.25) is 0 Å². The van der Waals surface area contributed by atoms with Crippen LogP contribution in [-0.4, -0.2) is 33.0 Å². The number of carboxylic acid groups (broad SMARTS) is 1. The molecule has 7 nitrogen and oxygen atoms in total. The molecule has 0 bridgehead atoms. The molecular formula is C11H13N3O4. The van der Waals surface area contributed by atoms with E-state index < -0.39 is 5.97 Å². The van der Waals surface area contributed by atoms with Gasteiger partial charge in [-0.05, 0) is 6.42 Å². The minimum Gasteiger partial charge on any atom is -0.481 e. The lowest BCUT2D eigenvalue weighted by Gasteiger charge is -1.95. The molecule has 2 aromatic heterocycles. The fraction of sp³-hybridized carbons (Fsp3) is 0.364. The molecule has 0 amide bonds. The molecule has 2 aromatic rings. The molecule has 0 unspecified atom stereocenters. The minimum absolute atomic E-state index is 0.142. The highest BCUT2D eigenvalue weighted by molar-refractivity contribution is 5.86. The van der Waals surface area contributed by atoms with Crippen LogP contribution in [0, 0.1) is 0 Å². The molecule has 7 heteroatoms. The van der Waals surface area contributed by atoms with E-state index in [4.69, 9.17) is 14.3 Å². The molecule has 0 fully saturated rings. The van der Waals surface area contributed by atoms with E-state index in [1.54, 1.807) is 13.1 Å². The average Bonchev–Trinajstić information content (AvgIpc) is 2.91. The summed E-state index contributed by atoms with van der Waals surface area (Å²) in [5.74, 6) is -0.549. The number of aryl methyl sites for hydroxylation is 2. The average molecular weight is 251 g/mol. The van der Waals surface area contributed by atoms with Crippen molar-refractivity contribution in [3.8, 4) is 17.5 Å². The smallest absolute Gasteiger partial charge is 0.373 e. The summed E-state index contributed by atoms with van der Waals surface area (Å²) in [6.45, 7) is 1.81. The predicted octanol–water partition coefficient (Wildman–Crippen LogP) is 1.34. The van der Waals surface area contributed by atoms with Crippen LogP contribution in [-0.2, 0) is 13.5 Å². The Balaban J connectivity index is 2.47. The summed E-state index contributed by atoms with van der Waals surface area (Å²) in [6.07, 6.45) is 0.481. The summed E-state index contributed by atoms with van der Waals surface area (Å²) in [4.78, 5) is 15.1. The quantitative estimate of drug-likeness (QED) is 0.881. The number of nitrogens with zero attached hydrogens (tertiary/aromatic N) is 3. The van der Waals surface area contributed by atoms with Crippen molar-refractivity contribution in [1.82, 2.24) is 14.8 Å². The maximum absolute atomic E-state index is 11.0. The third-order valence-corrected chi connectivity index (χ3v) is 2.49. The highest BCUT2D eigenvalue weighted by Gasteiger charge is 2.21. The van der Waals surface area contributed by atoms with Gasteiger partial charge < -0.3 is 14.3 Å². The normalized spacial score (nSPS) is 10.6. The van der Waals surface area contributed by atoms with E-state index >= 15 is 0 Å². The molecule has 0 aliphatic carbocycles. The molecule has 0 saturated carbocycles. The molecule has 2 heterocycles. The Hall–Kier alpha value is -2.31. The highest BCUT2D eigenvalue weighted by atomic mass is 16.5. The van der Waals surface area contributed by atoms with E-state index in [-0.39, 0.29) is 11.7 Å². The summed E-state index contributed by atoms with van der Waals surface area (Å²) >= 11 is 0. The van der Waals surface area contributed by atoms with Crippen molar-refractivity contribution in [1.29, 1.82) is 0 Å². The maximum atomic E-state index is 11.0. The highest BCUT2D eigenvalue weighted by Crippen LogP contribution is 2.24. The molecule has 1 N–H and O–H groups in total. The number of carbonyl (C=O) groups is 1. The number of methoxy groups -OCH3 is 1. The van der Waals surface area contributed by atoms with Crippen molar-refractivity contribution >= 4 is 5.97 Å². The van der Waals surface area contributed by atoms with Gasteiger partial charge in [0.05, 0.1) is 12.8 Å². The molecule has 0 saturated heterocycles. The van der Waals surface area contributed by atoms with Gasteiger partial charge in [0.2, 0.25) is 17.5 Å². The first-order valence-electron chi connectivity index (χ1n) is 5.38. The Bertz CT molecular complexity index is 585. The van der Waals surface area contributed by atoms with Crippen LogP contribution < -0.4 is 4.74 Å². The first-order valence-corrected chi connectivity index (χ1v) is 5.38. The Morgan fingerprint density at radius 3 is 2.78 bits per heavy atom. The van der Waals surface area contributed by atoms with Crippen LogP contribution in [0.1, 0.15) is 23.2 Å². The molecule has 2 rings (SSSR count). The fourth-order valence-corrected chi connectivity index (χ4v) is 1.61. The van der Waals surface area contributed by atoms with E-state index in [9.17, 15) is 4.79 Å². The van der Waals surface area contributed by atoms with Crippen LogP contribution >= 0.6 is 0 Å². The third-order valence-electron chi connectivity index (χ3n) is 2.49. The lowest BCUT2D eigenvalue weighted by Crippen LogP contribution is -1.98. The third kappa shape index (κ3) is 1.94. The topological polar surface area (TPSA) is 90.4 Å².